The van der Waals surface area contributed by atoms with Gasteiger partial charge in [0.05, 0.1) is 0 Å². The zero-order valence-electron chi connectivity index (χ0n) is 15.5. The second kappa shape index (κ2) is 7.34. The summed E-state index contributed by atoms with van der Waals surface area (Å²) in [6, 6.07) is 10.7. The lowest BCUT2D eigenvalue weighted by atomic mass is 9.69. The second-order valence-electron chi connectivity index (χ2n) is 7.58. The molecule has 0 spiro atoms. The van der Waals surface area contributed by atoms with E-state index < -0.39 is 0 Å². The Hall–Kier alpha value is -1.56. The monoisotopic (exact) mass is 308 g/mol. The van der Waals surface area contributed by atoms with Gasteiger partial charge in [-0.15, -0.1) is 0 Å². The number of allylic oxidation sites excluding steroid dienone is 5. The Kier molecular flexibility index (Phi) is 5.68. The van der Waals surface area contributed by atoms with E-state index in [-0.39, 0.29) is 5.41 Å². The topological polar surface area (TPSA) is 0 Å². The molecule has 0 radical (unpaired) electrons. The third-order valence-electron chi connectivity index (χ3n) is 5.44. The molecule has 0 saturated heterocycles. The zero-order chi connectivity index (χ0) is 17.0. The fourth-order valence-electron chi connectivity index (χ4n) is 3.96. The van der Waals surface area contributed by atoms with Gasteiger partial charge in [-0.05, 0) is 42.2 Å². The van der Waals surface area contributed by atoms with Crippen LogP contribution in [0.2, 0.25) is 0 Å². The van der Waals surface area contributed by atoms with Crippen LogP contribution in [0.1, 0.15) is 59.4 Å². The standard InChI is InChI=1S/C23H32/c1-7-14-23(5,6)18(4)21(8-2)22-16-20(15-17(22)3)19-12-10-9-11-13-19/h9-13,15-16,21-22H,4,7-8,14H2,1-3,5-6H3. The molecular formula is C23H32. The Morgan fingerprint density at radius 3 is 2.39 bits per heavy atom. The van der Waals surface area contributed by atoms with Gasteiger partial charge in [-0.25, -0.2) is 0 Å². The van der Waals surface area contributed by atoms with Crippen LogP contribution in [0.5, 0.6) is 0 Å². The average Bonchev–Trinajstić information content (AvgIpc) is 2.91. The lowest BCUT2D eigenvalue weighted by molar-refractivity contribution is 0.329. The van der Waals surface area contributed by atoms with E-state index in [4.69, 9.17) is 0 Å². The normalized spacial score (nSPS) is 19.3. The molecule has 1 aromatic rings. The summed E-state index contributed by atoms with van der Waals surface area (Å²) in [5, 5.41) is 0. The van der Waals surface area contributed by atoms with Gasteiger partial charge in [0, 0.05) is 5.92 Å². The summed E-state index contributed by atoms with van der Waals surface area (Å²) in [4.78, 5) is 0. The van der Waals surface area contributed by atoms with E-state index in [1.165, 1.54) is 35.1 Å². The van der Waals surface area contributed by atoms with Gasteiger partial charge in [-0.3, -0.25) is 0 Å². The number of rotatable bonds is 7. The molecule has 0 nitrogen and oxygen atoms in total. The molecule has 23 heavy (non-hydrogen) atoms. The minimum atomic E-state index is 0.221. The molecule has 0 N–H and O–H groups in total. The zero-order valence-corrected chi connectivity index (χ0v) is 15.5. The number of hydrogen-bond donors (Lipinski definition) is 0. The molecule has 0 heteroatoms. The molecule has 0 saturated carbocycles. The van der Waals surface area contributed by atoms with Crippen LogP contribution in [0.4, 0.5) is 0 Å². The van der Waals surface area contributed by atoms with Crippen molar-refractivity contribution in [1.29, 1.82) is 0 Å². The van der Waals surface area contributed by atoms with Crippen LogP contribution in [-0.2, 0) is 0 Å². The van der Waals surface area contributed by atoms with E-state index in [9.17, 15) is 0 Å². The first-order valence-electron chi connectivity index (χ1n) is 9.05. The molecule has 124 valence electrons. The van der Waals surface area contributed by atoms with Gasteiger partial charge in [0.15, 0.2) is 0 Å². The quantitative estimate of drug-likeness (QED) is 0.473. The first kappa shape index (κ1) is 17.8. The van der Waals surface area contributed by atoms with E-state index in [0.29, 0.717) is 11.8 Å². The molecule has 0 heterocycles. The van der Waals surface area contributed by atoms with E-state index in [1.54, 1.807) is 0 Å². The molecule has 0 amide bonds. The largest absolute Gasteiger partial charge is 0.0990 e. The lowest BCUT2D eigenvalue weighted by Gasteiger charge is -2.35. The predicted octanol–water partition coefficient (Wildman–Crippen LogP) is 7.05. The van der Waals surface area contributed by atoms with Crippen LogP contribution in [0.15, 0.2) is 60.2 Å². The van der Waals surface area contributed by atoms with Crippen molar-refractivity contribution in [3.8, 4) is 0 Å². The summed E-state index contributed by atoms with van der Waals surface area (Å²) < 4.78 is 0. The Morgan fingerprint density at radius 1 is 1.17 bits per heavy atom. The first-order valence-corrected chi connectivity index (χ1v) is 9.05. The Morgan fingerprint density at radius 2 is 1.83 bits per heavy atom. The van der Waals surface area contributed by atoms with Crippen LogP contribution < -0.4 is 0 Å². The highest BCUT2D eigenvalue weighted by Gasteiger charge is 2.32. The lowest BCUT2D eigenvalue weighted by Crippen LogP contribution is -2.25. The third-order valence-corrected chi connectivity index (χ3v) is 5.44. The molecule has 0 bridgehead atoms. The molecule has 0 fully saturated rings. The Bertz CT molecular complexity index is 598. The van der Waals surface area contributed by atoms with Gasteiger partial charge in [0.2, 0.25) is 0 Å². The van der Waals surface area contributed by atoms with Gasteiger partial charge in [0.25, 0.3) is 0 Å². The van der Waals surface area contributed by atoms with E-state index in [0.717, 1.165) is 6.42 Å². The molecular weight excluding hydrogens is 276 g/mol. The van der Waals surface area contributed by atoms with Gasteiger partial charge in [-0.1, -0.05) is 94.3 Å². The van der Waals surface area contributed by atoms with Crippen molar-refractivity contribution >= 4 is 5.57 Å². The highest BCUT2D eigenvalue weighted by Crippen LogP contribution is 2.45. The van der Waals surface area contributed by atoms with Crippen molar-refractivity contribution in [3.05, 3.63) is 65.8 Å². The maximum absolute atomic E-state index is 4.54. The van der Waals surface area contributed by atoms with Crippen LogP contribution in [-0.4, -0.2) is 0 Å². The summed E-state index contributed by atoms with van der Waals surface area (Å²) in [7, 11) is 0. The van der Waals surface area contributed by atoms with Crippen molar-refractivity contribution in [1.82, 2.24) is 0 Å². The fourth-order valence-corrected chi connectivity index (χ4v) is 3.96. The Labute approximate surface area is 143 Å². The molecule has 2 unspecified atom stereocenters. The third kappa shape index (κ3) is 3.86. The molecule has 1 aliphatic rings. The fraction of sp³-hybridized carbons (Fsp3) is 0.478. The van der Waals surface area contributed by atoms with Crippen molar-refractivity contribution in [3.63, 3.8) is 0 Å². The smallest absolute Gasteiger partial charge is 0.00520 e. The molecule has 1 aliphatic carbocycles. The van der Waals surface area contributed by atoms with Crippen molar-refractivity contribution in [2.24, 2.45) is 17.3 Å². The second-order valence-corrected chi connectivity index (χ2v) is 7.58. The van der Waals surface area contributed by atoms with Crippen LogP contribution in [0.25, 0.3) is 5.57 Å². The molecule has 0 aromatic heterocycles. The van der Waals surface area contributed by atoms with Crippen LogP contribution in [0.3, 0.4) is 0 Å². The molecule has 2 atom stereocenters. The summed E-state index contributed by atoms with van der Waals surface area (Å²) in [5.74, 6) is 1.04. The SMILES string of the molecule is C=C(C(CC)C1C=C(c2ccccc2)C=C1C)C(C)(C)CCC. The van der Waals surface area contributed by atoms with Crippen LogP contribution >= 0.6 is 0 Å². The van der Waals surface area contributed by atoms with Gasteiger partial charge in [0.1, 0.15) is 0 Å². The number of hydrogen-bond acceptors (Lipinski definition) is 0. The minimum absolute atomic E-state index is 0.221. The maximum atomic E-state index is 4.54. The first-order chi connectivity index (χ1) is 10.9. The molecule has 1 aromatic carbocycles. The predicted molar refractivity (Wildman–Crippen MR) is 103 cm³/mol. The summed E-state index contributed by atoms with van der Waals surface area (Å²) in [5.41, 5.74) is 5.81. The summed E-state index contributed by atoms with van der Waals surface area (Å²) >= 11 is 0. The highest BCUT2D eigenvalue weighted by atomic mass is 14.4. The molecule has 2 rings (SSSR count). The van der Waals surface area contributed by atoms with E-state index in [1.807, 2.05) is 0 Å². The average molecular weight is 309 g/mol. The highest BCUT2D eigenvalue weighted by molar-refractivity contribution is 5.78. The van der Waals surface area contributed by atoms with Crippen molar-refractivity contribution < 1.29 is 0 Å². The summed E-state index contributed by atoms with van der Waals surface area (Å²) in [6.07, 6.45) is 8.41. The summed E-state index contributed by atoms with van der Waals surface area (Å²) in [6.45, 7) is 16.1. The minimum Gasteiger partial charge on any atom is -0.0990 e. The maximum Gasteiger partial charge on any atom is 0.00520 e. The van der Waals surface area contributed by atoms with Crippen LogP contribution in [0, 0.1) is 17.3 Å². The Balaban J connectivity index is 2.27. The number of benzene rings is 1. The van der Waals surface area contributed by atoms with E-state index in [2.05, 4.69) is 83.7 Å². The van der Waals surface area contributed by atoms with Gasteiger partial charge in [-0.2, -0.15) is 0 Å². The van der Waals surface area contributed by atoms with Crippen molar-refractivity contribution in [2.75, 3.05) is 0 Å². The van der Waals surface area contributed by atoms with Gasteiger partial charge < -0.3 is 0 Å². The van der Waals surface area contributed by atoms with Gasteiger partial charge >= 0.3 is 0 Å². The van der Waals surface area contributed by atoms with E-state index >= 15 is 0 Å². The van der Waals surface area contributed by atoms with Crippen molar-refractivity contribution in [2.45, 2.75) is 53.9 Å². The molecule has 0 aliphatic heterocycles.